The highest BCUT2D eigenvalue weighted by molar-refractivity contribution is 5.94. The van der Waals surface area contributed by atoms with E-state index in [9.17, 15) is 4.79 Å². The third-order valence-corrected chi connectivity index (χ3v) is 3.89. The van der Waals surface area contributed by atoms with Crippen molar-refractivity contribution >= 4 is 5.91 Å². The standard InChI is InChI=1S/C19H23NO2/c1-5-15-6-8-16(9-7-15)14(3)20-19(21)17-10-11-18(22-4)13(2)12-17/h6-12,14H,5H2,1-4H3,(H,20,21). The van der Waals surface area contributed by atoms with E-state index in [-0.39, 0.29) is 11.9 Å². The van der Waals surface area contributed by atoms with Gasteiger partial charge in [-0.3, -0.25) is 4.79 Å². The first-order valence-corrected chi connectivity index (χ1v) is 7.59. The van der Waals surface area contributed by atoms with Crippen molar-refractivity contribution in [1.29, 1.82) is 0 Å². The summed E-state index contributed by atoms with van der Waals surface area (Å²) in [6, 6.07) is 13.8. The Kier molecular flexibility index (Phi) is 5.21. The van der Waals surface area contributed by atoms with Gasteiger partial charge in [0.25, 0.3) is 5.91 Å². The van der Waals surface area contributed by atoms with E-state index in [1.807, 2.05) is 26.0 Å². The van der Waals surface area contributed by atoms with Gasteiger partial charge < -0.3 is 10.1 Å². The molecule has 1 unspecified atom stereocenters. The number of ether oxygens (including phenoxy) is 1. The van der Waals surface area contributed by atoms with E-state index in [2.05, 4.69) is 36.5 Å². The number of hydrogen-bond donors (Lipinski definition) is 1. The fourth-order valence-corrected chi connectivity index (χ4v) is 2.42. The molecule has 2 aromatic rings. The maximum Gasteiger partial charge on any atom is 0.251 e. The second-order valence-corrected chi connectivity index (χ2v) is 5.47. The van der Waals surface area contributed by atoms with Crippen molar-refractivity contribution in [1.82, 2.24) is 5.32 Å². The molecule has 1 atom stereocenters. The summed E-state index contributed by atoms with van der Waals surface area (Å²) in [7, 11) is 1.63. The van der Waals surface area contributed by atoms with Crippen LogP contribution in [0.15, 0.2) is 42.5 Å². The van der Waals surface area contributed by atoms with E-state index in [4.69, 9.17) is 4.74 Å². The third kappa shape index (κ3) is 3.67. The fourth-order valence-electron chi connectivity index (χ4n) is 2.42. The Labute approximate surface area is 132 Å². The van der Waals surface area contributed by atoms with Crippen LogP contribution < -0.4 is 10.1 Å². The van der Waals surface area contributed by atoms with Gasteiger partial charge in [-0.15, -0.1) is 0 Å². The zero-order valence-corrected chi connectivity index (χ0v) is 13.6. The van der Waals surface area contributed by atoms with E-state index in [0.717, 1.165) is 23.3 Å². The Balaban J connectivity index is 2.08. The number of carbonyl (C=O) groups is 1. The highest BCUT2D eigenvalue weighted by atomic mass is 16.5. The van der Waals surface area contributed by atoms with Gasteiger partial charge in [-0.25, -0.2) is 0 Å². The molecule has 1 N–H and O–H groups in total. The van der Waals surface area contributed by atoms with Gasteiger partial charge in [0, 0.05) is 5.56 Å². The van der Waals surface area contributed by atoms with E-state index >= 15 is 0 Å². The smallest absolute Gasteiger partial charge is 0.251 e. The van der Waals surface area contributed by atoms with Crippen LogP contribution in [0.1, 0.15) is 46.9 Å². The van der Waals surface area contributed by atoms with Crippen LogP contribution in [0.25, 0.3) is 0 Å². The molecule has 0 aliphatic rings. The summed E-state index contributed by atoms with van der Waals surface area (Å²) in [4.78, 5) is 12.4. The van der Waals surface area contributed by atoms with Gasteiger partial charge in [0.2, 0.25) is 0 Å². The zero-order chi connectivity index (χ0) is 16.1. The molecule has 3 heteroatoms. The van der Waals surface area contributed by atoms with Gasteiger partial charge in [0.05, 0.1) is 13.2 Å². The predicted molar refractivity (Wildman–Crippen MR) is 89.4 cm³/mol. The molecule has 3 nitrogen and oxygen atoms in total. The summed E-state index contributed by atoms with van der Waals surface area (Å²) in [6.45, 7) is 6.06. The summed E-state index contributed by atoms with van der Waals surface area (Å²) >= 11 is 0. The van der Waals surface area contributed by atoms with Crippen LogP contribution >= 0.6 is 0 Å². The lowest BCUT2D eigenvalue weighted by atomic mass is 10.0. The molecule has 0 spiro atoms. The number of hydrogen-bond acceptors (Lipinski definition) is 2. The minimum atomic E-state index is -0.0715. The second-order valence-electron chi connectivity index (χ2n) is 5.47. The van der Waals surface area contributed by atoms with Crippen LogP contribution in [0.3, 0.4) is 0 Å². The largest absolute Gasteiger partial charge is 0.496 e. The Hall–Kier alpha value is -2.29. The molecule has 22 heavy (non-hydrogen) atoms. The first-order chi connectivity index (χ1) is 10.5. The van der Waals surface area contributed by atoms with Crippen LogP contribution in [0.2, 0.25) is 0 Å². The summed E-state index contributed by atoms with van der Waals surface area (Å²) in [5.74, 6) is 0.720. The number of aryl methyl sites for hydroxylation is 2. The Bertz CT molecular complexity index is 647. The van der Waals surface area contributed by atoms with Gasteiger partial charge in [0.1, 0.15) is 5.75 Å². The number of rotatable bonds is 5. The molecule has 1 amide bonds. The number of benzene rings is 2. The second kappa shape index (κ2) is 7.12. The van der Waals surface area contributed by atoms with Crippen molar-refractivity contribution in [3.8, 4) is 5.75 Å². The van der Waals surface area contributed by atoms with Crippen LogP contribution in [0, 0.1) is 6.92 Å². The summed E-state index contributed by atoms with van der Waals surface area (Å²) in [6.07, 6.45) is 1.02. The van der Waals surface area contributed by atoms with Crippen molar-refractivity contribution in [2.75, 3.05) is 7.11 Å². The van der Waals surface area contributed by atoms with Crippen LogP contribution in [0.4, 0.5) is 0 Å². The molecule has 116 valence electrons. The first-order valence-electron chi connectivity index (χ1n) is 7.59. The van der Waals surface area contributed by atoms with Gasteiger partial charge >= 0.3 is 0 Å². The molecule has 2 aromatic carbocycles. The van der Waals surface area contributed by atoms with Gasteiger partial charge in [-0.1, -0.05) is 31.2 Å². The molecule has 0 aliphatic carbocycles. The quantitative estimate of drug-likeness (QED) is 0.904. The first kappa shape index (κ1) is 16.1. The van der Waals surface area contributed by atoms with E-state index in [1.54, 1.807) is 13.2 Å². The molecule has 0 radical (unpaired) electrons. The monoisotopic (exact) mass is 297 g/mol. The Morgan fingerprint density at radius 3 is 2.41 bits per heavy atom. The molecule has 0 saturated carbocycles. The number of amides is 1. The average molecular weight is 297 g/mol. The van der Waals surface area contributed by atoms with Gasteiger partial charge in [-0.2, -0.15) is 0 Å². The molecule has 0 heterocycles. The SMILES string of the molecule is CCc1ccc(C(C)NC(=O)c2ccc(OC)c(C)c2)cc1. The average Bonchev–Trinajstić information content (AvgIpc) is 2.54. The molecule has 0 bridgehead atoms. The summed E-state index contributed by atoms with van der Waals surface area (Å²) in [5, 5.41) is 3.03. The lowest BCUT2D eigenvalue weighted by Gasteiger charge is -2.15. The molecule has 2 rings (SSSR count). The van der Waals surface area contributed by atoms with Crippen LogP contribution in [-0.4, -0.2) is 13.0 Å². The van der Waals surface area contributed by atoms with Crippen molar-refractivity contribution in [3.05, 3.63) is 64.7 Å². The van der Waals surface area contributed by atoms with E-state index in [0.29, 0.717) is 5.56 Å². The molecular formula is C19H23NO2. The van der Waals surface area contributed by atoms with Crippen molar-refractivity contribution in [3.63, 3.8) is 0 Å². The van der Waals surface area contributed by atoms with Gasteiger partial charge in [-0.05, 0) is 55.2 Å². The molecule has 0 fully saturated rings. The minimum Gasteiger partial charge on any atom is -0.496 e. The Morgan fingerprint density at radius 2 is 1.86 bits per heavy atom. The van der Waals surface area contributed by atoms with E-state index in [1.165, 1.54) is 5.56 Å². The Morgan fingerprint density at radius 1 is 1.18 bits per heavy atom. The summed E-state index contributed by atoms with van der Waals surface area (Å²) < 4.78 is 5.22. The zero-order valence-electron chi connectivity index (χ0n) is 13.6. The molecule has 0 aliphatic heterocycles. The summed E-state index contributed by atoms with van der Waals surface area (Å²) in [5.41, 5.74) is 4.01. The molecule has 0 aromatic heterocycles. The normalized spacial score (nSPS) is 11.8. The third-order valence-electron chi connectivity index (χ3n) is 3.89. The van der Waals surface area contributed by atoms with E-state index < -0.39 is 0 Å². The van der Waals surface area contributed by atoms with Crippen molar-refractivity contribution < 1.29 is 9.53 Å². The highest BCUT2D eigenvalue weighted by Crippen LogP contribution is 2.19. The van der Waals surface area contributed by atoms with Crippen LogP contribution in [0.5, 0.6) is 5.75 Å². The lowest BCUT2D eigenvalue weighted by Crippen LogP contribution is -2.26. The highest BCUT2D eigenvalue weighted by Gasteiger charge is 2.12. The topological polar surface area (TPSA) is 38.3 Å². The molecule has 0 saturated heterocycles. The fraction of sp³-hybridized carbons (Fsp3) is 0.316. The predicted octanol–water partition coefficient (Wildman–Crippen LogP) is 4.06. The van der Waals surface area contributed by atoms with Crippen molar-refractivity contribution in [2.45, 2.75) is 33.2 Å². The number of nitrogens with one attached hydrogen (secondary N) is 1. The van der Waals surface area contributed by atoms with Crippen LogP contribution in [-0.2, 0) is 6.42 Å². The minimum absolute atomic E-state index is 0.0270. The lowest BCUT2D eigenvalue weighted by molar-refractivity contribution is 0.0940. The van der Waals surface area contributed by atoms with Crippen molar-refractivity contribution in [2.24, 2.45) is 0 Å². The van der Waals surface area contributed by atoms with Gasteiger partial charge in [0.15, 0.2) is 0 Å². The maximum atomic E-state index is 12.4. The molecular weight excluding hydrogens is 274 g/mol. The number of methoxy groups -OCH3 is 1. The number of carbonyl (C=O) groups excluding carboxylic acids is 1. The maximum absolute atomic E-state index is 12.4.